The number of hydrogen-bond donors (Lipinski definition) is 2. The van der Waals surface area contributed by atoms with Crippen LogP contribution in [0.15, 0.2) is 48.5 Å². The van der Waals surface area contributed by atoms with Crippen LogP contribution in [0, 0.1) is 0 Å². The third-order valence-electron chi connectivity index (χ3n) is 5.53. The second-order valence-corrected chi connectivity index (χ2v) is 7.57. The minimum atomic E-state index is -0.538. The Labute approximate surface area is 164 Å². The monoisotopic (exact) mass is 379 g/mol. The van der Waals surface area contributed by atoms with E-state index < -0.39 is 6.09 Å². The molecule has 0 spiro atoms. The lowest BCUT2D eigenvalue weighted by atomic mass is 9.90. The zero-order valence-corrected chi connectivity index (χ0v) is 15.8. The summed E-state index contributed by atoms with van der Waals surface area (Å²) < 4.78 is 5.25. The number of carbonyl (C=O) groups excluding carboxylic acids is 2. The molecule has 28 heavy (non-hydrogen) atoms. The van der Waals surface area contributed by atoms with Crippen LogP contribution < -0.4 is 11.1 Å². The first-order valence-electron chi connectivity index (χ1n) is 9.77. The third kappa shape index (κ3) is 4.02. The first kappa shape index (κ1) is 18.5. The molecule has 1 aliphatic heterocycles. The van der Waals surface area contributed by atoms with E-state index in [2.05, 4.69) is 5.32 Å². The Balaban J connectivity index is 1.38. The van der Waals surface area contributed by atoms with E-state index >= 15 is 0 Å². The minimum Gasteiger partial charge on any atom is -0.444 e. The van der Waals surface area contributed by atoms with Gasteiger partial charge in [0, 0.05) is 29.9 Å². The molecule has 0 bridgehead atoms. The van der Waals surface area contributed by atoms with Crippen molar-refractivity contribution in [2.45, 2.75) is 50.9 Å². The predicted octanol–water partition coefficient (Wildman–Crippen LogP) is 3.66. The number of rotatable bonds is 4. The summed E-state index contributed by atoms with van der Waals surface area (Å²) in [5, 5.41) is 2.71. The van der Waals surface area contributed by atoms with Crippen LogP contribution in [0.2, 0.25) is 0 Å². The molecular weight excluding hydrogens is 354 g/mol. The lowest BCUT2D eigenvalue weighted by molar-refractivity contribution is 0.0650. The lowest BCUT2D eigenvalue weighted by Gasteiger charge is -2.33. The van der Waals surface area contributed by atoms with Crippen LogP contribution >= 0.6 is 0 Å². The molecule has 1 aliphatic carbocycles. The molecule has 1 saturated carbocycles. The fourth-order valence-corrected chi connectivity index (χ4v) is 4.06. The maximum Gasteiger partial charge on any atom is 0.411 e. The third-order valence-corrected chi connectivity index (χ3v) is 5.53. The molecule has 0 aromatic heterocycles. The topological polar surface area (TPSA) is 84.7 Å². The molecule has 146 valence electrons. The van der Waals surface area contributed by atoms with Crippen molar-refractivity contribution in [1.29, 1.82) is 0 Å². The largest absolute Gasteiger partial charge is 0.444 e. The van der Waals surface area contributed by atoms with Crippen molar-refractivity contribution in [1.82, 2.24) is 4.90 Å². The summed E-state index contributed by atoms with van der Waals surface area (Å²) in [5.41, 5.74) is 9.22. The summed E-state index contributed by atoms with van der Waals surface area (Å²) in [4.78, 5) is 26.9. The Morgan fingerprint density at radius 3 is 2.79 bits per heavy atom. The van der Waals surface area contributed by atoms with Gasteiger partial charge in [-0.3, -0.25) is 10.1 Å². The van der Waals surface area contributed by atoms with E-state index in [0.29, 0.717) is 17.8 Å². The van der Waals surface area contributed by atoms with E-state index in [1.54, 1.807) is 6.07 Å². The van der Waals surface area contributed by atoms with Gasteiger partial charge in [0.2, 0.25) is 0 Å². The van der Waals surface area contributed by atoms with Gasteiger partial charge in [-0.05, 0) is 48.9 Å². The molecule has 3 N–H and O–H groups in total. The Morgan fingerprint density at radius 2 is 2.00 bits per heavy atom. The molecule has 2 amide bonds. The van der Waals surface area contributed by atoms with Crippen molar-refractivity contribution in [2.75, 3.05) is 5.32 Å². The van der Waals surface area contributed by atoms with E-state index in [9.17, 15) is 9.59 Å². The van der Waals surface area contributed by atoms with Crippen molar-refractivity contribution in [2.24, 2.45) is 5.73 Å². The quantitative estimate of drug-likeness (QED) is 0.849. The Bertz CT molecular complexity index is 869. The van der Waals surface area contributed by atoms with Crippen LogP contribution in [-0.4, -0.2) is 29.0 Å². The highest BCUT2D eigenvalue weighted by Crippen LogP contribution is 2.32. The number of benzene rings is 2. The molecular formula is C22H25N3O3. The Kier molecular flexibility index (Phi) is 5.30. The van der Waals surface area contributed by atoms with Crippen LogP contribution in [0.1, 0.15) is 47.2 Å². The van der Waals surface area contributed by atoms with E-state index in [0.717, 1.165) is 36.8 Å². The number of nitrogens with two attached hydrogens (primary N) is 1. The first-order valence-corrected chi connectivity index (χ1v) is 9.77. The maximum atomic E-state index is 12.9. The van der Waals surface area contributed by atoms with Crippen molar-refractivity contribution in [3.63, 3.8) is 0 Å². The van der Waals surface area contributed by atoms with E-state index in [-0.39, 0.29) is 24.6 Å². The lowest BCUT2D eigenvalue weighted by Crippen LogP contribution is -2.42. The normalized spacial score (nSPS) is 21.3. The summed E-state index contributed by atoms with van der Waals surface area (Å²) in [6.45, 7) is 0.816. The summed E-state index contributed by atoms with van der Waals surface area (Å²) >= 11 is 0. The zero-order valence-electron chi connectivity index (χ0n) is 15.8. The van der Waals surface area contributed by atoms with Crippen molar-refractivity contribution in [3.05, 3.63) is 65.2 Å². The number of hydrogen-bond acceptors (Lipinski definition) is 4. The molecule has 1 fully saturated rings. The van der Waals surface area contributed by atoms with Gasteiger partial charge in [-0.15, -0.1) is 0 Å². The number of ether oxygens (including phenoxy) is 1. The van der Waals surface area contributed by atoms with Crippen LogP contribution in [-0.2, 0) is 17.9 Å². The number of nitrogens with zero attached hydrogens (tertiary/aromatic N) is 1. The number of nitrogens with one attached hydrogen (secondary N) is 1. The first-order chi connectivity index (χ1) is 13.6. The average molecular weight is 379 g/mol. The molecule has 2 aromatic rings. The molecule has 2 aromatic carbocycles. The highest BCUT2D eigenvalue weighted by atomic mass is 16.5. The van der Waals surface area contributed by atoms with E-state index in [4.69, 9.17) is 10.5 Å². The fourth-order valence-electron chi connectivity index (χ4n) is 4.06. The van der Waals surface area contributed by atoms with Gasteiger partial charge in [-0.2, -0.15) is 0 Å². The highest BCUT2D eigenvalue weighted by molar-refractivity contribution is 6.00. The van der Waals surface area contributed by atoms with Gasteiger partial charge < -0.3 is 15.4 Å². The molecule has 0 saturated heterocycles. The minimum absolute atomic E-state index is 0.0235. The second-order valence-electron chi connectivity index (χ2n) is 7.57. The number of anilines is 1. The standard InChI is InChI=1S/C22H25N3O3/c23-17-7-4-8-19(11-17)25-13-16-9-10-18(12-20(16)21(25)26)24-22(27)28-14-15-5-2-1-3-6-15/h1-3,5-6,9-10,12,17,19H,4,7-8,11,13-14,23H2,(H,24,27)/t17-,19+/m1/s1. The van der Waals surface area contributed by atoms with Crippen LogP contribution in [0.5, 0.6) is 0 Å². The van der Waals surface area contributed by atoms with E-state index in [1.165, 1.54) is 0 Å². The second kappa shape index (κ2) is 8.02. The van der Waals surface area contributed by atoms with E-state index in [1.807, 2.05) is 47.4 Å². The molecule has 0 unspecified atom stereocenters. The Morgan fingerprint density at radius 1 is 1.18 bits per heavy atom. The number of amides is 2. The van der Waals surface area contributed by atoms with Gasteiger partial charge >= 0.3 is 6.09 Å². The van der Waals surface area contributed by atoms with Gasteiger partial charge in [-0.1, -0.05) is 36.4 Å². The molecule has 1 heterocycles. The van der Waals surface area contributed by atoms with Gasteiger partial charge in [0.1, 0.15) is 6.61 Å². The number of carbonyl (C=O) groups is 2. The predicted molar refractivity (Wildman–Crippen MR) is 107 cm³/mol. The van der Waals surface area contributed by atoms with Gasteiger partial charge in [0.05, 0.1) is 0 Å². The number of fused-ring (bicyclic) bond motifs is 1. The highest BCUT2D eigenvalue weighted by Gasteiger charge is 2.34. The summed E-state index contributed by atoms with van der Waals surface area (Å²) in [6, 6.07) is 15.3. The van der Waals surface area contributed by atoms with Crippen LogP contribution in [0.25, 0.3) is 0 Å². The molecule has 0 radical (unpaired) electrons. The van der Waals surface area contributed by atoms with Crippen molar-refractivity contribution < 1.29 is 14.3 Å². The summed E-state index contributed by atoms with van der Waals surface area (Å²) in [7, 11) is 0. The molecule has 2 aliphatic rings. The molecule has 4 rings (SSSR count). The van der Waals surface area contributed by atoms with Gasteiger partial charge in [0.25, 0.3) is 5.91 Å². The molecule has 2 atom stereocenters. The molecule has 6 heteroatoms. The summed E-state index contributed by atoms with van der Waals surface area (Å²) in [5.74, 6) is 0.0235. The summed E-state index contributed by atoms with van der Waals surface area (Å²) in [6.07, 6.45) is 3.42. The van der Waals surface area contributed by atoms with Crippen LogP contribution in [0.4, 0.5) is 10.5 Å². The molecule has 6 nitrogen and oxygen atoms in total. The van der Waals surface area contributed by atoms with Crippen molar-refractivity contribution in [3.8, 4) is 0 Å². The van der Waals surface area contributed by atoms with Crippen LogP contribution in [0.3, 0.4) is 0 Å². The fraction of sp³-hybridized carbons (Fsp3) is 0.364. The Hall–Kier alpha value is -2.86. The van der Waals surface area contributed by atoms with Gasteiger partial charge in [-0.25, -0.2) is 4.79 Å². The maximum absolute atomic E-state index is 12.9. The smallest absolute Gasteiger partial charge is 0.411 e. The van der Waals surface area contributed by atoms with Gasteiger partial charge in [0.15, 0.2) is 0 Å². The van der Waals surface area contributed by atoms with Crippen molar-refractivity contribution >= 4 is 17.7 Å². The SMILES string of the molecule is N[C@@H]1CCC[C@H](N2Cc3ccc(NC(=O)OCc4ccccc4)cc3C2=O)C1. The average Bonchev–Trinajstić information content (AvgIpc) is 3.03. The zero-order chi connectivity index (χ0) is 19.5.